The van der Waals surface area contributed by atoms with Gasteiger partial charge in [0, 0.05) is 12.1 Å². The van der Waals surface area contributed by atoms with Gasteiger partial charge >= 0.3 is 0 Å². The molecule has 0 aliphatic heterocycles. The highest BCUT2D eigenvalue weighted by Crippen LogP contribution is 2.25. The van der Waals surface area contributed by atoms with Crippen LogP contribution in [0.4, 0.5) is 0 Å². The van der Waals surface area contributed by atoms with Crippen LogP contribution in [0.25, 0.3) is 0 Å². The van der Waals surface area contributed by atoms with Crippen molar-refractivity contribution in [3.8, 4) is 11.5 Å². The molecule has 0 spiro atoms. The predicted molar refractivity (Wildman–Crippen MR) is 74.8 cm³/mol. The van der Waals surface area contributed by atoms with Crippen LogP contribution >= 0.6 is 11.3 Å². The van der Waals surface area contributed by atoms with Gasteiger partial charge in [-0.1, -0.05) is 6.92 Å². The third-order valence-corrected chi connectivity index (χ3v) is 3.62. The number of carbonyl (C=O) groups excluding carboxylic acids is 1. The lowest BCUT2D eigenvalue weighted by Gasteiger charge is -2.11. The number of nitrogens with one attached hydrogen (secondary N) is 1. The Morgan fingerprint density at radius 1 is 1.32 bits per heavy atom. The van der Waals surface area contributed by atoms with Crippen LogP contribution in [-0.2, 0) is 0 Å². The lowest BCUT2D eigenvalue weighted by Crippen LogP contribution is -2.27. The molecular formula is C14H15NO3S. The zero-order valence-electron chi connectivity index (χ0n) is 10.5. The minimum atomic E-state index is -0.293. The number of rotatable bonds is 4. The highest BCUT2D eigenvalue weighted by atomic mass is 32.1. The second-order valence-electron chi connectivity index (χ2n) is 4.37. The van der Waals surface area contributed by atoms with Crippen molar-refractivity contribution in [1.29, 1.82) is 0 Å². The van der Waals surface area contributed by atoms with Gasteiger partial charge in [-0.3, -0.25) is 4.79 Å². The first-order valence-corrected chi connectivity index (χ1v) is 6.84. The van der Waals surface area contributed by atoms with Crippen molar-refractivity contribution in [3.05, 3.63) is 46.2 Å². The van der Waals surface area contributed by atoms with E-state index >= 15 is 0 Å². The van der Waals surface area contributed by atoms with E-state index < -0.39 is 0 Å². The van der Waals surface area contributed by atoms with Crippen molar-refractivity contribution in [3.63, 3.8) is 0 Å². The number of benzene rings is 1. The van der Waals surface area contributed by atoms with Crippen molar-refractivity contribution in [2.45, 2.75) is 12.8 Å². The molecule has 1 atom stereocenters. The lowest BCUT2D eigenvalue weighted by molar-refractivity contribution is 0.0951. The smallest absolute Gasteiger partial charge is 0.251 e. The molecule has 0 bridgehead atoms. The Bertz CT molecular complexity index is 566. The summed E-state index contributed by atoms with van der Waals surface area (Å²) in [7, 11) is 0. The van der Waals surface area contributed by atoms with Crippen LogP contribution in [0.2, 0.25) is 0 Å². The van der Waals surface area contributed by atoms with Crippen molar-refractivity contribution >= 4 is 17.2 Å². The van der Waals surface area contributed by atoms with Crippen LogP contribution in [0.15, 0.2) is 35.0 Å². The van der Waals surface area contributed by atoms with Gasteiger partial charge in [-0.05, 0) is 46.5 Å². The average molecular weight is 277 g/mol. The molecule has 0 radical (unpaired) electrons. The average Bonchev–Trinajstić information content (AvgIpc) is 2.92. The van der Waals surface area contributed by atoms with Gasteiger partial charge in [0.05, 0.1) is 0 Å². The summed E-state index contributed by atoms with van der Waals surface area (Å²) in [5.41, 5.74) is 1.52. The van der Waals surface area contributed by atoms with Crippen LogP contribution in [0.5, 0.6) is 11.5 Å². The van der Waals surface area contributed by atoms with Crippen LogP contribution < -0.4 is 5.32 Å². The van der Waals surface area contributed by atoms with Crippen LogP contribution in [-0.4, -0.2) is 22.7 Å². The fourth-order valence-corrected chi connectivity index (χ4v) is 2.47. The summed E-state index contributed by atoms with van der Waals surface area (Å²) in [6.07, 6.45) is 0. The third-order valence-electron chi connectivity index (χ3n) is 2.92. The lowest BCUT2D eigenvalue weighted by atomic mass is 10.1. The molecule has 0 fully saturated rings. The molecule has 0 saturated heterocycles. The molecule has 5 heteroatoms. The maximum absolute atomic E-state index is 11.9. The maximum atomic E-state index is 11.9. The van der Waals surface area contributed by atoms with Crippen molar-refractivity contribution < 1.29 is 15.0 Å². The Kier molecular flexibility index (Phi) is 4.06. The summed E-state index contributed by atoms with van der Waals surface area (Å²) in [6.45, 7) is 2.56. The maximum Gasteiger partial charge on any atom is 0.251 e. The number of hydrogen-bond acceptors (Lipinski definition) is 4. The Balaban J connectivity index is 1.96. The Morgan fingerprint density at radius 3 is 2.74 bits per heavy atom. The number of hydrogen-bond donors (Lipinski definition) is 3. The molecule has 2 aromatic rings. The number of phenols is 2. The van der Waals surface area contributed by atoms with Crippen molar-refractivity contribution in [2.24, 2.45) is 0 Å². The zero-order chi connectivity index (χ0) is 13.8. The van der Waals surface area contributed by atoms with Gasteiger partial charge in [0.15, 0.2) is 11.5 Å². The first kappa shape index (κ1) is 13.4. The largest absolute Gasteiger partial charge is 0.504 e. The first-order valence-electron chi connectivity index (χ1n) is 5.90. The minimum Gasteiger partial charge on any atom is -0.504 e. The first-order chi connectivity index (χ1) is 9.08. The van der Waals surface area contributed by atoms with Crippen molar-refractivity contribution in [1.82, 2.24) is 5.32 Å². The van der Waals surface area contributed by atoms with E-state index in [1.807, 2.05) is 18.4 Å². The minimum absolute atomic E-state index is 0.233. The molecule has 1 unspecified atom stereocenters. The molecule has 3 N–H and O–H groups in total. The standard InChI is InChI=1S/C14H15NO3S/c1-9(11-4-5-19-8-11)7-15-14(18)10-2-3-12(16)13(17)6-10/h2-6,8-9,16-17H,7H2,1H3,(H,15,18). The Morgan fingerprint density at radius 2 is 2.11 bits per heavy atom. The van der Waals surface area contributed by atoms with Gasteiger partial charge in [-0.2, -0.15) is 11.3 Å². The Labute approximate surface area is 115 Å². The van der Waals surface area contributed by atoms with Gasteiger partial charge in [0.1, 0.15) is 0 Å². The highest BCUT2D eigenvalue weighted by Gasteiger charge is 2.11. The molecule has 1 amide bonds. The van der Waals surface area contributed by atoms with Crippen LogP contribution in [0.3, 0.4) is 0 Å². The van der Waals surface area contributed by atoms with E-state index in [9.17, 15) is 15.0 Å². The van der Waals surface area contributed by atoms with Crippen molar-refractivity contribution in [2.75, 3.05) is 6.54 Å². The summed E-state index contributed by atoms with van der Waals surface area (Å²) in [5.74, 6) is -0.556. The molecule has 1 aromatic heterocycles. The Hall–Kier alpha value is -2.01. The molecule has 0 saturated carbocycles. The predicted octanol–water partition coefficient (Wildman–Crippen LogP) is 2.69. The second-order valence-corrected chi connectivity index (χ2v) is 5.15. The third kappa shape index (κ3) is 3.26. The number of phenolic OH excluding ortho intramolecular Hbond substituents is 2. The fourth-order valence-electron chi connectivity index (χ4n) is 1.69. The van der Waals surface area contributed by atoms with Gasteiger partial charge in [-0.15, -0.1) is 0 Å². The second kappa shape index (κ2) is 5.75. The van der Waals surface area contributed by atoms with Gasteiger partial charge in [0.2, 0.25) is 0 Å². The summed E-state index contributed by atoms with van der Waals surface area (Å²) in [5, 5.41) is 25.4. The highest BCUT2D eigenvalue weighted by molar-refractivity contribution is 7.07. The molecule has 4 nitrogen and oxygen atoms in total. The fraction of sp³-hybridized carbons (Fsp3) is 0.214. The number of carbonyl (C=O) groups is 1. The van der Waals surface area contributed by atoms with Gasteiger partial charge < -0.3 is 15.5 Å². The molecule has 1 aromatic carbocycles. The topological polar surface area (TPSA) is 69.6 Å². The molecule has 19 heavy (non-hydrogen) atoms. The quantitative estimate of drug-likeness (QED) is 0.753. The van der Waals surface area contributed by atoms with E-state index in [4.69, 9.17) is 0 Å². The molecule has 1 heterocycles. The summed E-state index contributed by atoms with van der Waals surface area (Å²) >= 11 is 1.63. The number of thiophene rings is 1. The molecule has 0 aliphatic rings. The molecule has 0 aliphatic carbocycles. The van der Waals surface area contributed by atoms with Crippen LogP contribution in [0, 0.1) is 0 Å². The van der Waals surface area contributed by atoms with E-state index in [2.05, 4.69) is 10.7 Å². The monoisotopic (exact) mass is 277 g/mol. The zero-order valence-corrected chi connectivity index (χ0v) is 11.3. The molecular weight excluding hydrogens is 262 g/mol. The summed E-state index contributed by atoms with van der Waals surface area (Å²) in [6, 6.07) is 6.06. The van der Waals surface area contributed by atoms with E-state index in [-0.39, 0.29) is 23.3 Å². The van der Waals surface area contributed by atoms with Gasteiger partial charge in [0.25, 0.3) is 5.91 Å². The summed E-state index contributed by atoms with van der Waals surface area (Å²) in [4.78, 5) is 11.9. The van der Waals surface area contributed by atoms with E-state index in [1.54, 1.807) is 11.3 Å². The van der Waals surface area contributed by atoms with Gasteiger partial charge in [-0.25, -0.2) is 0 Å². The van der Waals surface area contributed by atoms with E-state index in [0.717, 1.165) is 0 Å². The number of aromatic hydroxyl groups is 2. The molecule has 2 rings (SSSR count). The number of amides is 1. The van der Waals surface area contributed by atoms with Crippen LogP contribution in [0.1, 0.15) is 28.8 Å². The normalized spacial score (nSPS) is 12.1. The van der Waals surface area contributed by atoms with E-state index in [0.29, 0.717) is 12.1 Å². The SMILES string of the molecule is CC(CNC(=O)c1ccc(O)c(O)c1)c1ccsc1. The van der Waals surface area contributed by atoms with E-state index in [1.165, 1.54) is 23.8 Å². The summed E-state index contributed by atoms with van der Waals surface area (Å²) < 4.78 is 0. The molecule has 100 valence electrons.